The first-order chi connectivity index (χ1) is 11.5. The zero-order valence-electron chi connectivity index (χ0n) is 12.8. The number of carbonyl (C=O) groups is 2. The fraction of sp³-hybridized carbons (Fsp3) is 0.176. The molecule has 0 fully saturated rings. The zero-order chi connectivity index (χ0) is 17.5. The van der Waals surface area contributed by atoms with Gasteiger partial charge >= 0.3 is 0 Å². The van der Waals surface area contributed by atoms with Crippen molar-refractivity contribution >= 4 is 29.1 Å². The van der Waals surface area contributed by atoms with E-state index in [-0.39, 0.29) is 25.4 Å². The van der Waals surface area contributed by atoms with Crippen molar-refractivity contribution in [2.75, 3.05) is 11.9 Å². The van der Waals surface area contributed by atoms with E-state index >= 15 is 0 Å². The molecular weight excluding hydrogens is 333 g/mol. The van der Waals surface area contributed by atoms with E-state index in [1.54, 1.807) is 30.3 Å². The number of nitrogens with two attached hydrogens (primary N) is 1. The predicted octanol–water partition coefficient (Wildman–Crippen LogP) is 2.70. The molecule has 2 aromatic rings. The Labute approximate surface area is 144 Å². The van der Waals surface area contributed by atoms with Gasteiger partial charge in [0.1, 0.15) is 5.82 Å². The summed E-state index contributed by atoms with van der Waals surface area (Å²) in [4.78, 5) is 22.9. The lowest BCUT2D eigenvalue weighted by molar-refractivity contribution is -0.117. The Balaban J connectivity index is 2.08. The smallest absolute Gasteiger partial charge is 0.253 e. The first-order valence-corrected chi connectivity index (χ1v) is 7.69. The molecular formula is C17H17ClFN3O2. The van der Waals surface area contributed by atoms with E-state index in [4.69, 9.17) is 17.3 Å². The number of para-hydroxylation sites is 1. The number of nitrogens with one attached hydrogen (secondary N) is 2. The summed E-state index contributed by atoms with van der Waals surface area (Å²) < 4.78 is 13.8. The highest BCUT2D eigenvalue weighted by molar-refractivity contribution is 6.31. The molecule has 2 rings (SSSR count). The van der Waals surface area contributed by atoms with E-state index in [1.165, 1.54) is 12.1 Å². The van der Waals surface area contributed by atoms with Crippen molar-refractivity contribution in [3.05, 3.63) is 64.4 Å². The first-order valence-electron chi connectivity index (χ1n) is 7.31. The average molecular weight is 350 g/mol. The van der Waals surface area contributed by atoms with Crippen molar-refractivity contribution in [2.45, 2.75) is 13.0 Å². The summed E-state index contributed by atoms with van der Waals surface area (Å²) in [5.41, 5.74) is 6.28. The topological polar surface area (TPSA) is 84.2 Å². The highest BCUT2D eigenvalue weighted by Gasteiger charge is 2.12. The molecule has 0 aliphatic rings. The molecule has 0 heterocycles. The van der Waals surface area contributed by atoms with Crippen molar-refractivity contribution in [2.24, 2.45) is 5.73 Å². The number of hydrogen-bond acceptors (Lipinski definition) is 3. The van der Waals surface area contributed by atoms with Crippen molar-refractivity contribution in [1.29, 1.82) is 0 Å². The summed E-state index contributed by atoms with van der Waals surface area (Å²) in [6, 6.07) is 11.3. The molecule has 0 radical (unpaired) electrons. The van der Waals surface area contributed by atoms with Gasteiger partial charge in [-0.05, 0) is 24.3 Å². The number of hydrogen-bond donors (Lipinski definition) is 3. The van der Waals surface area contributed by atoms with Crippen LogP contribution in [0.5, 0.6) is 0 Å². The molecule has 2 aromatic carbocycles. The Hall–Kier alpha value is -2.60. The van der Waals surface area contributed by atoms with Crippen LogP contribution in [0.3, 0.4) is 0 Å². The van der Waals surface area contributed by atoms with Gasteiger partial charge in [-0.1, -0.05) is 29.8 Å². The van der Waals surface area contributed by atoms with Gasteiger partial charge in [0.2, 0.25) is 5.91 Å². The number of halogens is 2. The van der Waals surface area contributed by atoms with Crippen molar-refractivity contribution in [3.63, 3.8) is 0 Å². The molecule has 7 heteroatoms. The Morgan fingerprint density at radius 1 is 1.12 bits per heavy atom. The SMILES string of the molecule is NC(=O)CCNC(=O)c1ccccc1NCc1c(F)cccc1Cl. The highest BCUT2D eigenvalue weighted by Crippen LogP contribution is 2.22. The molecule has 0 aliphatic carbocycles. The van der Waals surface area contributed by atoms with E-state index < -0.39 is 11.7 Å². The minimum atomic E-state index is -0.490. The average Bonchev–Trinajstić information content (AvgIpc) is 2.54. The van der Waals surface area contributed by atoms with Crippen molar-refractivity contribution < 1.29 is 14.0 Å². The van der Waals surface area contributed by atoms with E-state index in [0.29, 0.717) is 21.8 Å². The largest absolute Gasteiger partial charge is 0.380 e. The molecule has 126 valence electrons. The van der Waals surface area contributed by atoms with Gasteiger partial charge in [-0.2, -0.15) is 0 Å². The van der Waals surface area contributed by atoms with Crippen molar-refractivity contribution in [3.8, 4) is 0 Å². The van der Waals surface area contributed by atoms with Gasteiger partial charge in [0.05, 0.1) is 5.56 Å². The monoisotopic (exact) mass is 349 g/mol. The Bertz CT molecular complexity index is 732. The van der Waals surface area contributed by atoms with Gasteiger partial charge in [-0.3, -0.25) is 9.59 Å². The number of anilines is 1. The van der Waals surface area contributed by atoms with E-state index in [0.717, 1.165) is 0 Å². The molecule has 0 saturated carbocycles. The molecule has 0 bridgehead atoms. The molecule has 0 unspecified atom stereocenters. The summed E-state index contributed by atoms with van der Waals surface area (Å²) in [6.07, 6.45) is 0.0617. The van der Waals surface area contributed by atoms with Gasteiger partial charge in [0.25, 0.3) is 5.91 Å². The van der Waals surface area contributed by atoms with Gasteiger partial charge < -0.3 is 16.4 Å². The summed E-state index contributed by atoms with van der Waals surface area (Å²) in [5, 5.41) is 5.94. The normalized spacial score (nSPS) is 10.2. The maximum atomic E-state index is 13.8. The fourth-order valence-corrected chi connectivity index (χ4v) is 2.34. The van der Waals surface area contributed by atoms with Gasteiger partial charge in [-0.15, -0.1) is 0 Å². The minimum absolute atomic E-state index is 0.0617. The summed E-state index contributed by atoms with van der Waals surface area (Å²) in [6.45, 7) is 0.290. The fourth-order valence-electron chi connectivity index (χ4n) is 2.11. The number of amides is 2. The molecule has 0 atom stereocenters. The zero-order valence-corrected chi connectivity index (χ0v) is 13.6. The van der Waals surface area contributed by atoms with Crippen LogP contribution in [0, 0.1) is 5.82 Å². The molecule has 0 aromatic heterocycles. The van der Waals surface area contributed by atoms with E-state index in [1.807, 2.05) is 0 Å². The van der Waals surface area contributed by atoms with Crippen LogP contribution in [-0.2, 0) is 11.3 Å². The summed E-state index contributed by atoms with van der Waals surface area (Å²) >= 11 is 5.99. The third kappa shape index (κ3) is 4.70. The quantitative estimate of drug-likeness (QED) is 0.718. The van der Waals surface area contributed by atoms with Crippen LogP contribution in [0.4, 0.5) is 10.1 Å². The lowest BCUT2D eigenvalue weighted by Crippen LogP contribution is -2.28. The molecule has 0 saturated heterocycles. The Morgan fingerprint density at radius 3 is 2.58 bits per heavy atom. The second-order valence-electron chi connectivity index (χ2n) is 5.07. The molecule has 0 spiro atoms. The summed E-state index contributed by atoms with van der Waals surface area (Å²) in [7, 11) is 0. The second-order valence-corrected chi connectivity index (χ2v) is 5.48. The Morgan fingerprint density at radius 2 is 1.88 bits per heavy atom. The highest BCUT2D eigenvalue weighted by atomic mass is 35.5. The second kappa shape index (κ2) is 8.31. The number of benzene rings is 2. The maximum absolute atomic E-state index is 13.8. The molecule has 5 nitrogen and oxygen atoms in total. The van der Waals surface area contributed by atoms with Crippen LogP contribution >= 0.6 is 11.6 Å². The molecule has 2 amide bonds. The number of rotatable bonds is 7. The standard InChI is InChI=1S/C17H17ClFN3O2/c18-13-5-3-6-14(19)12(13)10-22-15-7-2-1-4-11(15)17(24)21-9-8-16(20)23/h1-7,22H,8-10H2,(H2,20,23)(H,21,24). The Kier molecular flexibility index (Phi) is 6.14. The van der Waals surface area contributed by atoms with E-state index in [2.05, 4.69) is 10.6 Å². The third-order valence-corrected chi connectivity index (χ3v) is 3.70. The van der Waals surface area contributed by atoms with Crippen LogP contribution in [-0.4, -0.2) is 18.4 Å². The number of carbonyl (C=O) groups excluding carboxylic acids is 2. The van der Waals surface area contributed by atoms with Gasteiger partial charge in [0.15, 0.2) is 0 Å². The summed E-state index contributed by atoms with van der Waals surface area (Å²) in [5.74, 6) is -1.26. The van der Waals surface area contributed by atoms with Gasteiger partial charge in [0, 0.05) is 35.8 Å². The van der Waals surface area contributed by atoms with E-state index in [9.17, 15) is 14.0 Å². The lowest BCUT2D eigenvalue weighted by Gasteiger charge is -2.13. The van der Waals surface area contributed by atoms with Crippen LogP contribution in [0.1, 0.15) is 22.3 Å². The van der Waals surface area contributed by atoms with Crippen LogP contribution in [0.25, 0.3) is 0 Å². The van der Waals surface area contributed by atoms with Gasteiger partial charge in [-0.25, -0.2) is 4.39 Å². The predicted molar refractivity (Wildman–Crippen MR) is 91.3 cm³/mol. The van der Waals surface area contributed by atoms with Crippen LogP contribution < -0.4 is 16.4 Å². The minimum Gasteiger partial charge on any atom is -0.380 e. The van der Waals surface area contributed by atoms with Crippen LogP contribution in [0.2, 0.25) is 5.02 Å². The third-order valence-electron chi connectivity index (χ3n) is 3.35. The molecule has 24 heavy (non-hydrogen) atoms. The maximum Gasteiger partial charge on any atom is 0.253 e. The molecule has 0 aliphatic heterocycles. The van der Waals surface area contributed by atoms with Crippen molar-refractivity contribution in [1.82, 2.24) is 5.32 Å². The molecule has 4 N–H and O–H groups in total. The first kappa shape index (κ1) is 17.7. The lowest BCUT2D eigenvalue weighted by atomic mass is 10.1. The van der Waals surface area contributed by atoms with Crippen LogP contribution in [0.15, 0.2) is 42.5 Å². The number of primary amides is 1.